The van der Waals surface area contributed by atoms with Crippen LogP contribution in [0.2, 0.25) is 0 Å². The maximum atomic E-state index is 7.08. The van der Waals surface area contributed by atoms with E-state index in [2.05, 4.69) is 228 Å². The summed E-state index contributed by atoms with van der Waals surface area (Å²) in [6.07, 6.45) is 0.578. The molecule has 1 aliphatic heterocycles. The largest absolute Gasteiger partial charge is 0.454 e. The highest BCUT2D eigenvalue weighted by atomic mass is 16.3. The lowest BCUT2D eigenvalue weighted by molar-refractivity contribution is 0.666. The first-order valence-electron chi connectivity index (χ1n) is 22.9. The minimum absolute atomic E-state index is 0.578. The molecule has 14 rings (SSSR count). The van der Waals surface area contributed by atoms with Crippen molar-refractivity contribution in [3.63, 3.8) is 0 Å². The van der Waals surface area contributed by atoms with Crippen molar-refractivity contribution in [3.8, 4) is 11.4 Å². The van der Waals surface area contributed by atoms with E-state index in [1.165, 1.54) is 37.7 Å². The Hall–Kier alpha value is -8.80. The molecule has 0 fully saturated rings. The van der Waals surface area contributed by atoms with Crippen molar-refractivity contribution in [1.82, 2.24) is 9.13 Å². The van der Waals surface area contributed by atoms with E-state index < -0.39 is 0 Å². The van der Waals surface area contributed by atoms with Gasteiger partial charge < -0.3 is 13.6 Å². The lowest BCUT2D eigenvalue weighted by Gasteiger charge is -2.17. The summed E-state index contributed by atoms with van der Waals surface area (Å²) in [6, 6.07) is 76.1. The van der Waals surface area contributed by atoms with Crippen LogP contribution in [0.1, 0.15) is 30.0 Å². The highest BCUT2D eigenvalue weighted by Crippen LogP contribution is 2.43. The van der Waals surface area contributed by atoms with Crippen LogP contribution in [0.3, 0.4) is 0 Å². The van der Waals surface area contributed by atoms with E-state index >= 15 is 0 Å². The maximum Gasteiger partial charge on any atom is 0.160 e. The van der Waals surface area contributed by atoms with E-state index in [1.807, 2.05) is 0 Å². The van der Waals surface area contributed by atoms with E-state index in [0.29, 0.717) is 12.3 Å². The maximum absolute atomic E-state index is 7.08. The van der Waals surface area contributed by atoms with E-state index in [9.17, 15) is 0 Å². The molecule has 0 amide bonds. The smallest absolute Gasteiger partial charge is 0.160 e. The molecular weight excluding hydrogens is 817 g/mol. The van der Waals surface area contributed by atoms with Gasteiger partial charge in [-0.3, -0.25) is 0 Å². The standard InChI is InChI=1S/C62H40N4O/c1-38-32-53(63-62(64-59(38)39-16-4-2-5-17-39)44-28-31-55-50(35-44)46-24-12-14-26-54(46)65(55)45-22-6-3-7-23-45)49-30-29-48-47-25-13-15-27-58(47)67-61(48)60(49)66-56-36-42-20-10-8-18-40(42)33-51(56)52-34-41-19-9-11-21-43(41)37-57(52)66/h2-31,33-37H,32H2,1H3. The molecule has 314 valence electrons. The van der Waals surface area contributed by atoms with Gasteiger partial charge in [-0.15, -0.1) is 0 Å². The van der Waals surface area contributed by atoms with Crippen LogP contribution in [-0.2, 0) is 0 Å². The quantitative estimate of drug-likeness (QED) is 0.170. The van der Waals surface area contributed by atoms with Crippen molar-refractivity contribution >= 4 is 104 Å². The van der Waals surface area contributed by atoms with Crippen molar-refractivity contribution in [1.29, 1.82) is 0 Å². The predicted molar refractivity (Wildman–Crippen MR) is 281 cm³/mol. The lowest BCUT2D eigenvalue weighted by atomic mass is 9.96. The highest BCUT2D eigenvalue weighted by Gasteiger charge is 2.27. The van der Waals surface area contributed by atoms with Crippen molar-refractivity contribution in [2.24, 2.45) is 9.98 Å². The second kappa shape index (κ2) is 14.6. The van der Waals surface area contributed by atoms with Crippen molar-refractivity contribution < 1.29 is 4.42 Å². The summed E-state index contributed by atoms with van der Waals surface area (Å²) >= 11 is 0. The Morgan fingerprint density at radius 1 is 0.418 bits per heavy atom. The van der Waals surface area contributed by atoms with Gasteiger partial charge in [0.15, 0.2) is 11.4 Å². The molecule has 0 saturated carbocycles. The number of allylic oxidation sites excluding steroid dienone is 1. The summed E-state index contributed by atoms with van der Waals surface area (Å²) in [6.45, 7) is 2.21. The van der Waals surface area contributed by atoms with Crippen LogP contribution >= 0.6 is 0 Å². The van der Waals surface area contributed by atoms with Crippen LogP contribution in [0.4, 0.5) is 0 Å². The molecule has 0 aliphatic carbocycles. The first-order chi connectivity index (χ1) is 33.1. The van der Waals surface area contributed by atoms with Gasteiger partial charge in [0.25, 0.3) is 0 Å². The number of amidine groups is 1. The van der Waals surface area contributed by atoms with Gasteiger partial charge in [-0.05, 0) is 107 Å². The van der Waals surface area contributed by atoms with Gasteiger partial charge in [-0.1, -0.05) is 140 Å². The molecule has 13 aromatic rings. The third-order valence-electron chi connectivity index (χ3n) is 13.8. The molecule has 1 aliphatic rings. The average molecular weight is 857 g/mol. The molecule has 0 spiro atoms. The van der Waals surface area contributed by atoms with Gasteiger partial charge in [0.2, 0.25) is 0 Å². The number of fused-ring (bicyclic) bond motifs is 11. The number of benzene rings is 10. The third kappa shape index (κ3) is 5.81. The number of rotatable bonds is 5. The first kappa shape index (κ1) is 37.6. The Balaban J connectivity index is 1.08. The Kier molecular flexibility index (Phi) is 8.19. The average Bonchev–Trinajstić information content (AvgIpc) is 3.98. The van der Waals surface area contributed by atoms with Gasteiger partial charge in [-0.25, -0.2) is 9.98 Å². The van der Waals surface area contributed by atoms with E-state index in [4.69, 9.17) is 14.4 Å². The first-order valence-corrected chi connectivity index (χ1v) is 22.9. The van der Waals surface area contributed by atoms with Gasteiger partial charge in [0.1, 0.15) is 5.58 Å². The van der Waals surface area contributed by atoms with Crippen molar-refractivity contribution in [3.05, 3.63) is 235 Å². The fourth-order valence-corrected chi connectivity index (χ4v) is 10.7. The molecule has 5 heteroatoms. The molecule has 0 N–H and O–H groups in total. The summed E-state index contributed by atoms with van der Waals surface area (Å²) in [4.78, 5) is 11.3. The molecule has 10 aromatic carbocycles. The summed E-state index contributed by atoms with van der Waals surface area (Å²) in [5.74, 6) is 0.666. The van der Waals surface area contributed by atoms with Gasteiger partial charge >= 0.3 is 0 Å². The van der Waals surface area contributed by atoms with Crippen LogP contribution in [0, 0.1) is 0 Å². The predicted octanol–water partition coefficient (Wildman–Crippen LogP) is 16.2. The Morgan fingerprint density at radius 2 is 1.00 bits per heavy atom. The van der Waals surface area contributed by atoms with Gasteiger partial charge in [0.05, 0.1) is 39.2 Å². The number of hydrogen-bond donors (Lipinski definition) is 0. The molecular formula is C62H40N4O. The monoisotopic (exact) mass is 856 g/mol. The van der Waals surface area contributed by atoms with E-state index in [0.717, 1.165) is 94.4 Å². The number of aromatic nitrogens is 2. The molecule has 3 aromatic heterocycles. The molecule has 5 nitrogen and oxygen atoms in total. The molecule has 0 bridgehead atoms. The summed E-state index contributed by atoms with van der Waals surface area (Å²) in [7, 11) is 0. The zero-order valence-electron chi connectivity index (χ0n) is 36.6. The zero-order chi connectivity index (χ0) is 44.2. The molecule has 67 heavy (non-hydrogen) atoms. The summed E-state index contributed by atoms with van der Waals surface area (Å²) < 4.78 is 11.9. The lowest BCUT2D eigenvalue weighted by Crippen LogP contribution is -2.11. The van der Waals surface area contributed by atoms with Crippen molar-refractivity contribution in [2.75, 3.05) is 0 Å². The minimum atomic E-state index is 0.578. The van der Waals surface area contributed by atoms with Gasteiger partial charge in [-0.2, -0.15) is 0 Å². The number of furan rings is 1. The molecule has 0 unspecified atom stereocenters. The number of para-hydroxylation sites is 3. The third-order valence-corrected chi connectivity index (χ3v) is 13.8. The second-order valence-corrected chi connectivity index (χ2v) is 17.8. The van der Waals surface area contributed by atoms with E-state index in [-0.39, 0.29) is 0 Å². The second-order valence-electron chi connectivity index (χ2n) is 17.8. The number of nitrogens with zero attached hydrogens (tertiary/aromatic N) is 4. The number of aliphatic imine (C=N–C) groups is 2. The molecule has 0 atom stereocenters. The van der Waals surface area contributed by atoms with Crippen LogP contribution in [0.5, 0.6) is 0 Å². The van der Waals surface area contributed by atoms with Crippen LogP contribution in [0.25, 0.3) is 104 Å². The Bertz CT molecular complexity index is 4200. The summed E-state index contributed by atoms with van der Waals surface area (Å²) in [5.41, 5.74) is 14.3. The Morgan fingerprint density at radius 3 is 1.72 bits per heavy atom. The summed E-state index contributed by atoms with van der Waals surface area (Å²) in [5, 5.41) is 11.6. The minimum Gasteiger partial charge on any atom is -0.454 e. The molecule has 4 heterocycles. The van der Waals surface area contributed by atoms with Gasteiger partial charge in [0, 0.05) is 61.1 Å². The van der Waals surface area contributed by atoms with Crippen LogP contribution in [-0.4, -0.2) is 20.7 Å². The zero-order valence-corrected chi connectivity index (χ0v) is 36.6. The van der Waals surface area contributed by atoms with Crippen LogP contribution < -0.4 is 0 Å². The number of hydrogen-bond acceptors (Lipinski definition) is 3. The van der Waals surface area contributed by atoms with E-state index in [1.54, 1.807) is 0 Å². The normalized spacial score (nSPS) is 13.5. The fourth-order valence-electron chi connectivity index (χ4n) is 10.7. The topological polar surface area (TPSA) is 47.7 Å². The fraction of sp³-hybridized carbons (Fsp3) is 0.0323. The van der Waals surface area contributed by atoms with Crippen molar-refractivity contribution in [2.45, 2.75) is 13.3 Å². The molecule has 0 saturated heterocycles. The van der Waals surface area contributed by atoms with Crippen LogP contribution in [0.15, 0.2) is 232 Å². The molecule has 0 radical (unpaired) electrons. The SMILES string of the molecule is CC1=C(c2ccccc2)N=C(c2ccc3c(c2)c2ccccc2n3-c2ccccc2)N=C(c2ccc3c(oc4ccccc43)c2-n2c3cc4ccccc4cc3c3cc4ccccc4cc32)C1. The Labute approximate surface area is 385 Å². The highest BCUT2D eigenvalue weighted by molar-refractivity contribution is 6.23.